The van der Waals surface area contributed by atoms with E-state index in [1.807, 2.05) is 37.3 Å². The van der Waals surface area contributed by atoms with Gasteiger partial charge >= 0.3 is 5.97 Å². The number of ether oxygens (including phenoxy) is 3. The number of pyridine rings is 1. The monoisotopic (exact) mass is 452 g/mol. The van der Waals surface area contributed by atoms with Crippen molar-refractivity contribution in [2.45, 2.75) is 45.1 Å². The molecule has 0 aliphatic carbocycles. The predicted octanol–water partition coefficient (Wildman–Crippen LogP) is 4.79. The van der Waals surface area contributed by atoms with Gasteiger partial charge in [-0.2, -0.15) is 0 Å². The van der Waals surface area contributed by atoms with Crippen LogP contribution in [0.4, 0.5) is 0 Å². The summed E-state index contributed by atoms with van der Waals surface area (Å²) in [5.74, 6) is 0.272. The third-order valence-corrected chi connectivity index (χ3v) is 6.60. The predicted molar refractivity (Wildman–Crippen MR) is 124 cm³/mol. The molecule has 4 rings (SSSR count). The van der Waals surface area contributed by atoms with Crippen LogP contribution in [-0.2, 0) is 27.1 Å². The number of carbonyl (C=O) groups excluding carboxylic acids is 1. The van der Waals surface area contributed by atoms with Gasteiger partial charge in [0.1, 0.15) is 5.01 Å². The van der Waals surface area contributed by atoms with Crippen molar-refractivity contribution in [3.63, 3.8) is 0 Å². The molecule has 1 atom stereocenters. The Morgan fingerprint density at radius 3 is 2.75 bits per heavy atom. The minimum Gasteiger partial charge on any atom is -0.477 e. The molecule has 0 saturated carbocycles. The number of nitrogens with zero attached hydrogens (tertiary/aromatic N) is 2. The molecule has 0 N–H and O–H groups in total. The summed E-state index contributed by atoms with van der Waals surface area (Å²) < 4.78 is 16.9. The molecule has 3 heterocycles. The van der Waals surface area contributed by atoms with Crippen LogP contribution < -0.4 is 4.74 Å². The van der Waals surface area contributed by atoms with Gasteiger partial charge in [0.05, 0.1) is 18.9 Å². The lowest BCUT2D eigenvalue weighted by molar-refractivity contribution is -0.166. The molecule has 1 saturated heterocycles. The molecule has 1 unspecified atom stereocenters. The first-order chi connectivity index (χ1) is 15.6. The molecule has 1 fully saturated rings. The van der Waals surface area contributed by atoms with Gasteiger partial charge in [-0.15, -0.1) is 11.3 Å². The third-order valence-electron chi connectivity index (χ3n) is 5.54. The van der Waals surface area contributed by atoms with Crippen LogP contribution >= 0.6 is 11.3 Å². The lowest BCUT2D eigenvalue weighted by atomic mass is 9.92. The molecule has 2 aromatic heterocycles. The summed E-state index contributed by atoms with van der Waals surface area (Å²) in [5, 5.41) is 1.03. The van der Waals surface area contributed by atoms with E-state index in [4.69, 9.17) is 19.2 Å². The first kappa shape index (κ1) is 22.4. The van der Waals surface area contributed by atoms with Crippen molar-refractivity contribution in [2.75, 3.05) is 19.8 Å². The van der Waals surface area contributed by atoms with Crippen molar-refractivity contribution < 1.29 is 19.0 Å². The molecule has 0 spiro atoms. The largest absolute Gasteiger partial charge is 0.477 e. The van der Waals surface area contributed by atoms with Crippen molar-refractivity contribution in [3.05, 3.63) is 64.8 Å². The lowest BCUT2D eigenvalue weighted by Crippen LogP contribution is -2.41. The summed E-state index contributed by atoms with van der Waals surface area (Å²) in [7, 11) is 0. The van der Waals surface area contributed by atoms with Crippen LogP contribution in [-0.4, -0.2) is 41.4 Å². The van der Waals surface area contributed by atoms with Crippen LogP contribution in [0.5, 0.6) is 5.88 Å². The van der Waals surface area contributed by atoms with Crippen LogP contribution in [0, 0.1) is 6.92 Å². The summed E-state index contributed by atoms with van der Waals surface area (Å²) in [6.45, 7) is 5.33. The van der Waals surface area contributed by atoms with E-state index in [1.54, 1.807) is 17.5 Å². The Morgan fingerprint density at radius 1 is 1.22 bits per heavy atom. The van der Waals surface area contributed by atoms with E-state index in [9.17, 15) is 4.79 Å². The van der Waals surface area contributed by atoms with Gasteiger partial charge in [-0.05, 0) is 32.3 Å². The molecular weight excluding hydrogens is 424 g/mol. The van der Waals surface area contributed by atoms with E-state index < -0.39 is 5.60 Å². The second-order valence-electron chi connectivity index (χ2n) is 7.83. The second kappa shape index (κ2) is 10.2. The maximum Gasteiger partial charge on any atom is 0.338 e. The van der Waals surface area contributed by atoms with Crippen molar-refractivity contribution in [3.8, 4) is 16.5 Å². The third kappa shape index (κ3) is 5.16. The average molecular weight is 453 g/mol. The number of thiazole rings is 1. The topological polar surface area (TPSA) is 70.5 Å². The van der Waals surface area contributed by atoms with Crippen molar-refractivity contribution >= 4 is 17.3 Å². The van der Waals surface area contributed by atoms with Gasteiger partial charge in [0.15, 0.2) is 5.60 Å². The van der Waals surface area contributed by atoms with Gasteiger partial charge in [0, 0.05) is 42.2 Å². The molecule has 1 aliphatic rings. The fourth-order valence-electron chi connectivity index (χ4n) is 3.88. The number of esters is 1. The summed E-state index contributed by atoms with van der Waals surface area (Å²) in [6.07, 6.45) is 4.45. The molecule has 1 aliphatic heterocycles. The van der Waals surface area contributed by atoms with Gasteiger partial charge in [0.25, 0.3) is 0 Å². The van der Waals surface area contributed by atoms with Crippen molar-refractivity contribution in [1.82, 2.24) is 9.97 Å². The van der Waals surface area contributed by atoms with Crippen LogP contribution in [0.15, 0.2) is 48.7 Å². The van der Waals surface area contributed by atoms with Crippen LogP contribution in [0.25, 0.3) is 10.6 Å². The summed E-state index contributed by atoms with van der Waals surface area (Å²) in [6, 6.07) is 14.0. The minimum atomic E-state index is -0.890. The van der Waals surface area contributed by atoms with E-state index >= 15 is 0 Å². The maximum atomic E-state index is 12.4. The number of rotatable bonds is 9. The SMILES string of the molecule is CCOC(=O)C1(Cc2ccc(OCCc3nc(-c4ccccc4)sc3C)nc2)CCCO1. The van der Waals surface area contributed by atoms with E-state index in [1.165, 1.54) is 4.88 Å². The summed E-state index contributed by atoms with van der Waals surface area (Å²) >= 11 is 1.70. The highest BCUT2D eigenvalue weighted by Gasteiger charge is 2.44. The first-order valence-corrected chi connectivity index (χ1v) is 11.8. The summed E-state index contributed by atoms with van der Waals surface area (Å²) in [4.78, 5) is 22.8. The molecule has 0 bridgehead atoms. The molecule has 7 heteroatoms. The zero-order chi connectivity index (χ0) is 22.4. The highest BCUT2D eigenvalue weighted by molar-refractivity contribution is 7.15. The smallest absolute Gasteiger partial charge is 0.338 e. The number of benzene rings is 1. The Labute approximate surface area is 192 Å². The highest BCUT2D eigenvalue weighted by Crippen LogP contribution is 2.31. The zero-order valence-electron chi connectivity index (χ0n) is 18.5. The minimum absolute atomic E-state index is 0.286. The number of aromatic nitrogens is 2. The number of carbonyl (C=O) groups is 1. The van der Waals surface area contributed by atoms with E-state index in [0.717, 1.165) is 34.7 Å². The Balaban J connectivity index is 1.33. The quantitative estimate of drug-likeness (QED) is 0.435. The summed E-state index contributed by atoms with van der Waals surface area (Å²) in [5.41, 5.74) is 2.23. The normalized spacial score (nSPS) is 17.9. The number of hydrogen-bond donors (Lipinski definition) is 0. The second-order valence-corrected chi connectivity index (χ2v) is 9.04. The fraction of sp³-hybridized carbons (Fsp3) is 0.400. The standard InChI is InChI=1S/C25H28N2O4S/c1-3-29-24(28)25(13-7-14-31-25)16-19-10-11-22(26-17-19)30-15-12-21-18(2)32-23(27-21)20-8-5-4-6-9-20/h4-6,8-11,17H,3,7,12-16H2,1-2H3. The molecule has 6 nitrogen and oxygen atoms in total. The Hall–Kier alpha value is -2.77. The highest BCUT2D eigenvalue weighted by atomic mass is 32.1. The van der Waals surface area contributed by atoms with Crippen LogP contribution in [0.1, 0.15) is 35.9 Å². The molecule has 0 radical (unpaired) electrons. The Bertz CT molecular complexity index is 1030. The maximum absolute atomic E-state index is 12.4. The average Bonchev–Trinajstić information content (AvgIpc) is 3.43. The van der Waals surface area contributed by atoms with Gasteiger partial charge in [0.2, 0.25) is 5.88 Å². The lowest BCUT2D eigenvalue weighted by Gasteiger charge is -2.25. The van der Waals surface area contributed by atoms with Gasteiger partial charge in [-0.25, -0.2) is 14.8 Å². The van der Waals surface area contributed by atoms with Crippen molar-refractivity contribution in [2.24, 2.45) is 0 Å². The number of hydrogen-bond acceptors (Lipinski definition) is 7. The Morgan fingerprint density at radius 2 is 2.06 bits per heavy atom. The van der Waals surface area contributed by atoms with Crippen LogP contribution in [0.3, 0.4) is 0 Å². The number of aryl methyl sites for hydroxylation is 1. The van der Waals surface area contributed by atoms with E-state index in [0.29, 0.717) is 38.5 Å². The van der Waals surface area contributed by atoms with Gasteiger partial charge in [-0.1, -0.05) is 36.4 Å². The van der Waals surface area contributed by atoms with Gasteiger partial charge in [-0.3, -0.25) is 0 Å². The molecule has 3 aromatic rings. The zero-order valence-corrected chi connectivity index (χ0v) is 19.3. The Kier molecular flexibility index (Phi) is 7.17. The van der Waals surface area contributed by atoms with E-state index in [-0.39, 0.29) is 5.97 Å². The molecule has 0 amide bonds. The molecule has 168 valence electrons. The molecule has 32 heavy (non-hydrogen) atoms. The first-order valence-electron chi connectivity index (χ1n) is 11.0. The van der Waals surface area contributed by atoms with E-state index in [2.05, 4.69) is 24.0 Å². The molecular formula is C25H28N2O4S. The van der Waals surface area contributed by atoms with Gasteiger partial charge < -0.3 is 14.2 Å². The van der Waals surface area contributed by atoms with Crippen molar-refractivity contribution in [1.29, 1.82) is 0 Å². The molecule has 1 aromatic carbocycles. The fourth-order valence-corrected chi connectivity index (χ4v) is 4.84. The van der Waals surface area contributed by atoms with Crippen LogP contribution in [0.2, 0.25) is 0 Å².